The number of ether oxygens (including phenoxy) is 1. The predicted molar refractivity (Wildman–Crippen MR) is 80.9 cm³/mol. The minimum Gasteiger partial charge on any atom is -0.490 e. The van der Waals surface area contributed by atoms with Crippen LogP contribution in [0.15, 0.2) is 67.1 Å². The summed E-state index contributed by atoms with van der Waals surface area (Å²) in [6.45, 7) is 0.204. The zero-order valence-electron chi connectivity index (χ0n) is 11.4. The van der Waals surface area contributed by atoms with Gasteiger partial charge in [-0.1, -0.05) is 42.5 Å². The molecule has 1 unspecified atom stereocenters. The van der Waals surface area contributed by atoms with Gasteiger partial charge < -0.3 is 14.8 Å². The van der Waals surface area contributed by atoms with Crippen LogP contribution in [-0.2, 0) is 0 Å². The largest absolute Gasteiger partial charge is 0.490 e. The third-order valence-corrected chi connectivity index (χ3v) is 3.26. The molecule has 0 aliphatic rings. The molecule has 0 aliphatic heterocycles. The van der Waals surface area contributed by atoms with E-state index in [4.69, 9.17) is 4.74 Å². The number of imidazole rings is 1. The number of benzene rings is 2. The lowest BCUT2D eigenvalue weighted by atomic mass is 10.1. The van der Waals surface area contributed by atoms with Crippen LogP contribution in [0.5, 0.6) is 5.75 Å². The average molecular weight is 280 g/mol. The Morgan fingerprint density at radius 3 is 2.57 bits per heavy atom. The molecule has 0 saturated heterocycles. The standard InChI is InChI=1S/C17H16N2O2/c20-16(13-6-2-1-3-7-13)11-21-17-9-5-4-8-14(17)15-10-18-12-19-15/h1-10,12,16,20H,11H2,(H,18,19). The Hall–Kier alpha value is -2.59. The van der Waals surface area contributed by atoms with Gasteiger partial charge >= 0.3 is 0 Å². The van der Waals surface area contributed by atoms with Crippen molar-refractivity contribution in [2.24, 2.45) is 0 Å². The van der Waals surface area contributed by atoms with Gasteiger partial charge in [0, 0.05) is 5.56 Å². The Morgan fingerprint density at radius 2 is 1.81 bits per heavy atom. The number of hydrogen-bond acceptors (Lipinski definition) is 3. The summed E-state index contributed by atoms with van der Waals surface area (Å²) in [7, 11) is 0. The third kappa shape index (κ3) is 3.12. The van der Waals surface area contributed by atoms with Crippen LogP contribution in [0, 0.1) is 0 Å². The van der Waals surface area contributed by atoms with Gasteiger partial charge in [-0.2, -0.15) is 0 Å². The fourth-order valence-corrected chi connectivity index (χ4v) is 2.16. The number of H-pyrrole nitrogens is 1. The van der Waals surface area contributed by atoms with E-state index < -0.39 is 6.10 Å². The molecule has 0 fully saturated rings. The molecule has 0 saturated carbocycles. The van der Waals surface area contributed by atoms with Crippen molar-refractivity contribution in [3.8, 4) is 17.0 Å². The minimum absolute atomic E-state index is 0.204. The fourth-order valence-electron chi connectivity index (χ4n) is 2.16. The predicted octanol–water partition coefficient (Wildman–Crippen LogP) is 3.19. The Kier molecular flexibility index (Phi) is 3.98. The summed E-state index contributed by atoms with van der Waals surface area (Å²) >= 11 is 0. The van der Waals surface area contributed by atoms with Crippen molar-refractivity contribution in [3.63, 3.8) is 0 Å². The number of hydrogen-bond donors (Lipinski definition) is 2. The van der Waals surface area contributed by atoms with Gasteiger partial charge in [-0.25, -0.2) is 4.98 Å². The highest BCUT2D eigenvalue weighted by Gasteiger charge is 2.11. The van der Waals surface area contributed by atoms with Gasteiger partial charge in [-0.15, -0.1) is 0 Å². The zero-order chi connectivity index (χ0) is 14.5. The Morgan fingerprint density at radius 1 is 1.05 bits per heavy atom. The molecule has 4 heteroatoms. The second-order valence-electron chi connectivity index (χ2n) is 4.70. The lowest BCUT2D eigenvalue weighted by Crippen LogP contribution is -2.10. The summed E-state index contributed by atoms with van der Waals surface area (Å²) in [5.41, 5.74) is 2.66. The highest BCUT2D eigenvalue weighted by Crippen LogP contribution is 2.28. The lowest BCUT2D eigenvalue weighted by molar-refractivity contribution is 0.108. The van der Waals surface area contributed by atoms with Crippen LogP contribution in [-0.4, -0.2) is 21.7 Å². The molecule has 1 aromatic heterocycles. The quantitative estimate of drug-likeness (QED) is 0.754. The maximum atomic E-state index is 10.2. The molecule has 1 heterocycles. The van der Waals surface area contributed by atoms with E-state index in [9.17, 15) is 5.11 Å². The summed E-state index contributed by atoms with van der Waals surface area (Å²) in [5.74, 6) is 0.719. The number of aliphatic hydroxyl groups is 1. The van der Waals surface area contributed by atoms with E-state index >= 15 is 0 Å². The van der Waals surface area contributed by atoms with Crippen LogP contribution >= 0.6 is 0 Å². The second kappa shape index (κ2) is 6.24. The number of aromatic amines is 1. The van der Waals surface area contributed by atoms with Gasteiger partial charge in [0.2, 0.25) is 0 Å². The molecule has 0 aliphatic carbocycles. The molecule has 3 rings (SSSR count). The summed E-state index contributed by atoms with van der Waals surface area (Å²) in [5, 5.41) is 10.2. The second-order valence-corrected chi connectivity index (χ2v) is 4.70. The van der Waals surface area contributed by atoms with Crippen molar-refractivity contribution in [3.05, 3.63) is 72.7 Å². The van der Waals surface area contributed by atoms with Gasteiger partial charge in [0.25, 0.3) is 0 Å². The lowest BCUT2D eigenvalue weighted by Gasteiger charge is -2.14. The molecule has 0 radical (unpaired) electrons. The topological polar surface area (TPSA) is 58.1 Å². The SMILES string of the molecule is OC(COc1ccccc1-c1cnc[nH]1)c1ccccc1. The first-order valence-electron chi connectivity index (χ1n) is 6.78. The van der Waals surface area contributed by atoms with Crippen molar-refractivity contribution < 1.29 is 9.84 Å². The summed E-state index contributed by atoms with van der Waals surface area (Å²) in [6, 6.07) is 17.2. The smallest absolute Gasteiger partial charge is 0.128 e. The maximum absolute atomic E-state index is 10.2. The first-order valence-corrected chi connectivity index (χ1v) is 6.78. The van der Waals surface area contributed by atoms with Crippen molar-refractivity contribution in [1.29, 1.82) is 0 Å². The average Bonchev–Trinajstić information content (AvgIpc) is 3.08. The van der Waals surface area contributed by atoms with Crippen molar-refractivity contribution in [1.82, 2.24) is 9.97 Å². The molecular formula is C17H16N2O2. The summed E-state index contributed by atoms with van der Waals surface area (Å²) in [6.07, 6.45) is 2.72. The van der Waals surface area contributed by atoms with E-state index in [2.05, 4.69) is 9.97 Å². The van der Waals surface area contributed by atoms with Crippen LogP contribution < -0.4 is 4.74 Å². The van der Waals surface area contributed by atoms with Crippen molar-refractivity contribution in [2.75, 3.05) is 6.61 Å². The minimum atomic E-state index is -0.652. The number of nitrogens with zero attached hydrogens (tertiary/aromatic N) is 1. The van der Waals surface area contributed by atoms with Gasteiger partial charge in [-0.05, 0) is 17.7 Å². The summed E-state index contributed by atoms with van der Waals surface area (Å²) in [4.78, 5) is 7.08. The Balaban J connectivity index is 1.74. The van der Waals surface area contributed by atoms with Crippen LogP contribution in [0.3, 0.4) is 0 Å². The van der Waals surface area contributed by atoms with Gasteiger partial charge in [0.15, 0.2) is 0 Å². The van der Waals surface area contributed by atoms with Crippen LogP contribution in [0.2, 0.25) is 0 Å². The Bertz CT molecular complexity index is 681. The van der Waals surface area contributed by atoms with Gasteiger partial charge in [0.05, 0.1) is 18.2 Å². The number of aliphatic hydroxyl groups excluding tert-OH is 1. The van der Waals surface area contributed by atoms with Crippen LogP contribution in [0.25, 0.3) is 11.3 Å². The molecule has 0 amide bonds. The van der Waals surface area contributed by atoms with E-state index in [1.165, 1.54) is 0 Å². The molecule has 21 heavy (non-hydrogen) atoms. The number of para-hydroxylation sites is 1. The maximum Gasteiger partial charge on any atom is 0.128 e. The summed E-state index contributed by atoms with van der Waals surface area (Å²) < 4.78 is 5.78. The molecule has 106 valence electrons. The highest BCUT2D eigenvalue weighted by molar-refractivity contribution is 5.66. The third-order valence-electron chi connectivity index (χ3n) is 3.26. The number of rotatable bonds is 5. The molecule has 4 nitrogen and oxygen atoms in total. The van der Waals surface area contributed by atoms with E-state index in [1.54, 1.807) is 12.5 Å². The molecule has 1 atom stereocenters. The number of aromatic nitrogens is 2. The normalized spacial score (nSPS) is 12.0. The van der Waals surface area contributed by atoms with Gasteiger partial charge in [-0.3, -0.25) is 0 Å². The molecule has 0 spiro atoms. The van der Waals surface area contributed by atoms with E-state index in [1.807, 2.05) is 54.6 Å². The van der Waals surface area contributed by atoms with Gasteiger partial charge in [0.1, 0.15) is 18.5 Å². The number of nitrogens with one attached hydrogen (secondary N) is 1. The molecule has 2 N–H and O–H groups in total. The Labute approximate surface area is 123 Å². The molecular weight excluding hydrogens is 264 g/mol. The zero-order valence-corrected chi connectivity index (χ0v) is 11.4. The first kappa shape index (κ1) is 13.4. The van der Waals surface area contributed by atoms with Crippen LogP contribution in [0.4, 0.5) is 0 Å². The highest BCUT2D eigenvalue weighted by atomic mass is 16.5. The molecule has 2 aromatic carbocycles. The van der Waals surface area contributed by atoms with E-state index in [0.717, 1.165) is 22.6 Å². The van der Waals surface area contributed by atoms with E-state index in [0.29, 0.717) is 0 Å². The van der Waals surface area contributed by atoms with Crippen LogP contribution in [0.1, 0.15) is 11.7 Å². The monoisotopic (exact) mass is 280 g/mol. The fraction of sp³-hybridized carbons (Fsp3) is 0.118. The molecule has 3 aromatic rings. The van der Waals surface area contributed by atoms with Crippen molar-refractivity contribution >= 4 is 0 Å². The first-order chi connectivity index (χ1) is 10.3. The van der Waals surface area contributed by atoms with Crippen molar-refractivity contribution in [2.45, 2.75) is 6.10 Å². The molecule has 0 bridgehead atoms. The van der Waals surface area contributed by atoms with E-state index in [-0.39, 0.29) is 6.61 Å².